The van der Waals surface area contributed by atoms with Crippen molar-refractivity contribution >= 4 is 29.9 Å². The van der Waals surface area contributed by atoms with E-state index in [2.05, 4.69) is 32.3 Å². The lowest BCUT2D eigenvalue weighted by molar-refractivity contribution is 0.0428. The number of nitrogens with zero attached hydrogens (tertiary/aromatic N) is 3. The molecule has 1 saturated heterocycles. The maximum absolute atomic E-state index is 10.6. The van der Waals surface area contributed by atoms with E-state index in [4.69, 9.17) is 4.42 Å². The molecule has 0 spiro atoms. The lowest BCUT2D eigenvalue weighted by Gasteiger charge is -2.34. The topological polar surface area (TPSA) is 76.3 Å². The molecule has 8 heteroatoms. The summed E-state index contributed by atoms with van der Waals surface area (Å²) in [4.78, 5) is 9.49. The molecule has 0 aliphatic carbocycles. The van der Waals surface area contributed by atoms with Crippen LogP contribution in [0, 0.1) is 6.92 Å². The lowest BCUT2D eigenvalue weighted by atomic mass is 10.0. The Labute approximate surface area is 180 Å². The Morgan fingerprint density at radius 3 is 2.41 bits per heavy atom. The zero-order valence-corrected chi connectivity index (χ0v) is 19.5. The second-order valence-electron chi connectivity index (χ2n) is 7.08. The first-order valence-corrected chi connectivity index (χ1v) is 9.70. The molecule has 2 heterocycles. The number of hydrogen-bond donors (Lipinski definition) is 3. The second kappa shape index (κ2) is 11.9. The molecule has 1 aliphatic heterocycles. The maximum atomic E-state index is 10.6. The maximum Gasteiger partial charge on any atom is 0.191 e. The molecule has 1 aromatic rings. The minimum atomic E-state index is -1.12. The zero-order valence-electron chi connectivity index (χ0n) is 17.1. The summed E-state index contributed by atoms with van der Waals surface area (Å²) in [5, 5.41) is 17.2. The SMILES string of the molecule is CCNC(=NCC(C)(O)c1ccc(C)o1)NCCN1CCN(CC)CC1.I. The highest BCUT2D eigenvalue weighted by molar-refractivity contribution is 14.0. The highest BCUT2D eigenvalue weighted by atomic mass is 127. The van der Waals surface area contributed by atoms with E-state index in [0.717, 1.165) is 64.1 Å². The Morgan fingerprint density at radius 2 is 1.85 bits per heavy atom. The van der Waals surface area contributed by atoms with E-state index in [1.54, 1.807) is 13.0 Å². The van der Waals surface area contributed by atoms with Crippen LogP contribution in [0.4, 0.5) is 0 Å². The fourth-order valence-corrected chi connectivity index (χ4v) is 3.04. The van der Waals surface area contributed by atoms with Crippen LogP contribution in [-0.4, -0.2) is 79.8 Å². The van der Waals surface area contributed by atoms with E-state index in [1.807, 2.05) is 19.9 Å². The lowest BCUT2D eigenvalue weighted by Crippen LogP contribution is -2.49. The van der Waals surface area contributed by atoms with Crippen molar-refractivity contribution in [2.45, 2.75) is 33.3 Å². The molecule has 0 radical (unpaired) electrons. The van der Waals surface area contributed by atoms with Gasteiger partial charge < -0.3 is 25.1 Å². The molecule has 156 valence electrons. The average molecular weight is 493 g/mol. The number of aliphatic imine (C=N–C) groups is 1. The molecule has 0 aromatic carbocycles. The number of rotatable bonds is 8. The second-order valence-corrected chi connectivity index (χ2v) is 7.08. The quantitative estimate of drug-likeness (QED) is 0.290. The molecular weight excluding hydrogens is 457 g/mol. The van der Waals surface area contributed by atoms with Gasteiger partial charge >= 0.3 is 0 Å². The normalized spacial score (nSPS) is 18.6. The predicted octanol–water partition coefficient (Wildman–Crippen LogP) is 1.61. The summed E-state index contributed by atoms with van der Waals surface area (Å²) >= 11 is 0. The van der Waals surface area contributed by atoms with Crippen molar-refractivity contribution in [1.82, 2.24) is 20.4 Å². The zero-order chi connectivity index (χ0) is 19.0. The molecule has 1 fully saturated rings. The van der Waals surface area contributed by atoms with E-state index in [1.165, 1.54) is 0 Å². The van der Waals surface area contributed by atoms with Gasteiger partial charge in [0.25, 0.3) is 0 Å². The molecule has 2 rings (SSSR count). The molecule has 27 heavy (non-hydrogen) atoms. The fourth-order valence-electron chi connectivity index (χ4n) is 3.04. The van der Waals surface area contributed by atoms with Crippen molar-refractivity contribution in [2.24, 2.45) is 4.99 Å². The third kappa shape index (κ3) is 7.97. The standard InChI is InChI=1S/C19H35N5O2.HI/c1-5-20-18(21-9-10-24-13-11-23(6-2)12-14-24)22-15-19(4,25)17-8-7-16(3)26-17;/h7-8,25H,5-6,9-15H2,1-4H3,(H2,20,21,22);1H. The Kier molecular flexibility index (Phi) is 10.6. The van der Waals surface area contributed by atoms with Crippen molar-refractivity contribution in [2.75, 3.05) is 58.9 Å². The first kappa shape index (κ1) is 24.2. The van der Waals surface area contributed by atoms with Gasteiger partial charge in [-0.15, -0.1) is 24.0 Å². The number of aryl methyl sites for hydroxylation is 1. The predicted molar refractivity (Wildman–Crippen MR) is 121 cm³/mol. The van der Waals surface area contributed by atoms with Crippen LogP contribution in [-0.2, 0) is 5.60 Å². The molecule has 1 aliphatic rings. The van der Waals surface area contributed by atoms with Crippen LogP contribution >= 0.6 is 24.0 Å². The van der Waals surface area contributed by atoms with Gasteiger partial charge in [0.2, 0.25) is 0 Å². The van der Waals surface area contributed by atoms with E-state index in [9.17, 15) is 5.11 Å². The highest BCUT2D eigenvalue weighted by Gasteiger charge is 2.26. The molecule has 1 aromatic heterocycles. The van der Waals surface area contributed by atoms with Crippen LogP contribution in [0.15, 0.2) is 21.5 Å². The molecule has 1 atom stereocenters. The first-order chi connectivity index (χ1) is 12.4. The number of hydrogen-bond acceptors (Lipinski definition) is 5. The van der Waals surface area contributed by atoms with Gasteiger partial charge in [-0.1, -0.05) is 6.92 Å². The average Bonchev–Trinajstić information content (AvgIpc) is 3.08. The third-order valence-electron chi connectivity index (χ3n) is 4.79. The molecule has 0 amide bonds. The van der Waals surface area contributed by atoms with Crippen LogP contribution in [0.5, 0.6) is 0 Å². The summed E-state index contributed by atoms with van der Waals surface area (Å²) in [6.07, 6.45) is 0. The monoisotopic (exact) mass is 493 g/mol. The smallest absolute Gasteiger partial charge is 0.191 e. The number of likely N-dealkylation sites (N-methyl/N-ethyl adjacent to an activating group) is 1. The molecular formula is C19H36IN5O2. The van der Waals surface area contributed by atoms with E-state index < -0.39 is 5.60 Å². The number of guanidine groups is 1. The van der Waals surface area contributed by atoms with Gasteiger partial charge in [0, 0.05) is 45.8 Å². The Morgan fingerprint density at radius 1 is 1.19 bits per heavy atom. The van der Waals surface area contributed by atoms with Crippen molar-refractivity contribution in [3.05, 3.63) is 23.7 Å². The van der Waals surface area contributed by atoms with Gasteiger partial charge in [0.15, 0.2) is 5.96 Å². The summed E-state index contributed by atoms with van der Waals surface area (Å²) in [5.74, 6) is 2.06. The molecule has 7 nitrogen and oxygen atoms in total. The number of nitrogens with one attached hydrogen (secondary N) is 2. The Hall–Kier alpha value is -0.840. The van der Waals surface area contributed by atoms with Crippen molar-refractivity contribution in [1.29, 1.82) is 0 Å². The van der Waals surface area contributed by atoms with Gasteiger partial charge in [-0.05, 0) is 39.4 Å². The van der Waals surface area contributed by atoms with Gasteiger partial charge in [-0.3, -0.25) is 4.90 Å². The van der Waals surface area contributed by atoms with E-state index in [0.29, 0.717) is 5.76 Å². The molecule has 3 N–H and O–H groups in total. The van der Waals surface area contributed by atoms with Crippen LogP contribution in [0.3, 0.4) is 0 Å². The number of aliphatic hydroxyl groups is 1. The van der Waals surface area contributed by atoms with Crippen LogP contribution < -0.4 is 10.6 Å². The van der Waals surface area contributed by atoms with Gasteiger partial charge in [0.05, 0.1) is 6.54 Å². The Bertz CT molecular complexity index is 568. The van der Waals surface area contributed by atoms with Crippen molar-refractivity contribution < 1.29 is 9.52 Å². The van der Waals surface area contributed by atoms with Gasteiger partial charge in [-0.25, -0.2) is 4.99 Å². The Balaban J connectivity index is 0.00000364. The van der Waals surface area contributed by atoms with Gasteiger partial charge in [0.1, 0.15) is 17.1 Å². The summed E-state index contributed by atoms with van der Waals surface area (Å²) in [5.41, 5.74) is -1.12. The van der Waals surface area contributed by atoms with Gasteiger partial charge in [-0.2, -0.15) is 0 Å². The minimum absolute atomic E-state index is 0. The van der Waals surface area contributed by atoms with Crippen LogP contribution in [0.1, 0.15) is 32.3 Å². The van der Waals surface area contributed by atoms with E-state index >= 15 is 0 Å². The summed E-state index contributed by atoms with van der Waals surface area (Å²) in [6.45, 7) is 16.4. The molecule has 0 bridgehead atoms. The number of piperazine rings is 1. The van der Waals surface area contributed by atoms with E-state index in [-0.39, 0.29) is 30.5 Å². The largest absolute Gasteiger partial charge is 0.463 e. The van der Waals surface area contributed by atoms with Crippen molar-refractivity contribution in [3.8, 4) is 0 Å². The summed E-state index contributed by atoms with van der Waals surface area (Å²) in [6, 6.07) is 3.66. The molecule has 0 saturated carbocycles. The third-order valence-corrected chi connectivity index (χ3v) is 4.79. The fraction of sp³-hybridized carbons (Fsp3) is 0.737. The summed E-state index contributed by atoms with van der Waals surface area (Å²) in [7, 11) is 0. The molecule has 1 unspecified atom stereocenters. The first-order valence-electron chi connectivity index (χ1n) is 9.70. The highest BCUT2D eigenvalue weighted by Crippen LogP contribution is 2.22. The minimum Gasteiger partial charge on any atom is -0.463 e. The number of furan rings is 1. The summed E-state index contributed by atoms with van der Waals surface area (Å²) < 4.78 is 5.55. The van der Waals surface area contributed by atoms with Crippen molar-refractivity contribution in [3.63, 3.8) is 0 Å². The van der Waals surface area contributed by atoms with Crippen LogP contribution in [0.25, 0.3) is 0 Å². The van der Waals surface area contributed by atoms with Crippen LogP contribution in [0.2, 0.25) is 0 Å². The number of halogens is 1.